The fraction of sp³-hybridized carbons (Fsp3) is 0.588. The number of hydrogen-bond acceptors (Lipinski definition) is 1. The van der Waals surface area contributed by atoms with Gasteiger partial charge in [0.2, 0.25) is 5.91 Å². The molecular formula is C17H26FNO. The lowest BCUT2D eigenvalue weighted by molar-refractivity contribution is -0.121. The van der Waals surface area contributed by atoms with Crippen molar-refractivity contribution in [2.24, 2.45) is 0 Å². The zero-order valence-corrected chi connectivity index (χ0v) is 12.5. The van der Waals surface area contributed by atoms with Gasteiger partial charge in [-0.2, -0.15) is 0 Å². The third-order valence-electron chi connectivity index (χ3n) is 3.41. The van der Waals surface area contributed by atoms with Crippen molar-refractivity contribution in [3.8, 4) is 0 Å². The Hall–Kier alpha value is -1.38. The van der Waals surface area contributed by atoms with Crippen molar-refractivity contribution in [3.63, 3.8) is 0 Å². The molecule has 0 aliphatic rings. The molecule has 1 rings (SSSR count). The quantitative estimate of drug-likeness (QED) is 0.624. The average molecular weight is 279 g/mol. The first-order valence-corrected chi connectivity index (χ1v) is 7.73. The third kappa shape index (κ3) is 7.93. The predicted molar refractivity (Wildman–Crippen MR) is 80.9 cm³/mol. The van der Waals surface area contributed by atoms with Gasteiger partial charge in [-0.15, -0.1) is 0 Å². The molecule has 2 nitrogen and oxygen atoms in total. The second-order valence-corrected chi connectivity index (χ2v) is 5.27. The molecule has 1 amide bonds. The minimum atomic E-state index is -0.247. The van der Waals surface area contributed by atoms with E-state index in [4.69, 9.17) is 0 Å². The van der Waals surface area contributed by atoms with E-state index in [-0.39, 0.29) is 11.7 Å². The molecule has 0 fully saturated rings. The number of halogens is 1. The molecule has 0 aliphatic carbocycles. The molecule has 0 heterocycles. The van der Waals surface area contributed by atoms with Crippen molar-refractivity contribution >= 4 is 5.91 Å². The van der Waals surface area contributed by atoms with Gasteiger partial charge in [0.25, 0.3) is 0 Å². The number of unbranched alkanes of at least 4 members (excludes halogenated alkanes) is 6. The molecule has 0 spiro atoms. The molecule has 112 valence electrons. The van der Waals surface area contributed by atoms with Crippen LogP contribution in [0, 0.1) is 5.82 Å². The van der Waals surface area contributed by atoms with Crippen LogP contribution < -0.4 is 5.32 Å². The van der Waals surface area contributed by atoms with Crippen LogP contribution in [0.3, 0.4) is 0 Å². The summed E-state index contributed by atoms with van der Waals surface area (Å²) in [4.78, 5) is 11.6. The molecule has 1 aromatic carbocycles. The van der Waals surface area contributed by atoms with E-state index in [1.807, 2.05) is 0 Å². The van der Waals surface area contributed by atoms with E-state index >= 15 is 0 Å². The van der Waals surface area contributed by atoms with Crippen molar-refractivity contribution in [2.75, 3.05) is 0 Å². The van der Waals surface area contributed by atoms with Crippen LogP contribution in [-0.2, 0) is 11.3 Å². The third-order valence-corrected chi connectivity index (χ3v) is 3.41. The largest absolute Gasteiger partial charge is 0.352 e. The summed E-state index contributed by atoms with van der Waals surface area (Å²) in [5.41, 5.74) is 0.930. The highest BCUT2D eigenvalue weighted by atomic mass is 19.1. The fourth-order valence-electron chi connectivity index (χ4n) is 2.13. The predicted octanol–water partition coefficient (Wildman–Crippen LogP) is 4.58. The number of nitrogens with one attached hydrogen (secondary N) is 1. The maximum atomic E-state index is 12.7. The summed E-state index contributed by atoms with van der Waals surface area (Å²) < 4.78 is 12.7. The first-order valence-electron chi connectivity index (χ1n) is 7.73. The zero-order chi connectivity index (χ0) is 14.6. The number of amides is 1. The monoisotopic (exact) mass is 279 g/mol. The molecule has 0 aliphatic heterocycles. The van der Waals surface area contributed by atoms with Gasteiger partial charge in [-0.3, -0.25) is 4.79 Å². The Bertz CT molecular complexity index is 375. The molecule has 0 atom stereocenters. The van der Waals surface area contributed by atoms with Gasteiger partial charge >= 0.3 is 0 Å². The molecular weight excluding hydrogens is 253 g/mol. The number of carbonyl (C=O) groups excluding carboxylic acids is 1. The Balaban J connectivity index is 2.01. The standard InChI is InChI=1S/C17H26FNO/c1-2-3-4-5-6-7-8-9-17(20)19-14-15-10-12-16(18)13-11-15/h10-13H,2-9,14H2,1H3,(H,19,20). The highest BCUT2D eigenvalue weighted by molar-refractivity contribution is 5.75. The van der Waals surface area contributed by atoms with E-state index < -0.39 is 0 Å². The molecule has 0 saturated carbocycles. The van der Waals surface area contributed by atoms with Gasteiger partial charge < -0.3 is 5.32 Å². The molecule has 1 N–H and O–H groups in total. The molecule has 20 heavy (non-hydrogen) atoms. The maximum absolute atomic E-state index is 12.7. The molecule has 0 saturated heterocycles. The van der Waals surface area contributed by atoms with E-state index in [1.54, 1.807) is 12.1 Å². The van der Waals surface area contributed by atoms with Crippen LogP contribution >= 0.6 is 0 Å². The summed E-state index contributed by atoms with van der Waals surface area (Å²) in [6, 6.07) is 6.22. The lowest BCUT2D eigenvalue weighted by atomic mass is 10.1. The SMILES string of the molecule is CCCCCCCCCC(=O)NCc1ccc(F)cc1. The van der Waals surface area contributed by atoms with Crippen LogP contribution in [0.2, 0.25) is 0 Å². The smallest absolute Gasteiger partial charge is 0.220 e. The van der Waals surface area contributed by atoms with E-state index in [0.29, 0.717) is 13.0 Å². The van der Waals surface area contributed by atoms with Crippen molar-refractivity contribution in [1.82, 2.24) is 5.32 Å². The van der Waals surface area contributed by atoms with Crippen LogP contribution in [0.25, 0.3) is 0 Å². The van der Waals surface area contributed by atoms with Crippen molar-refractivity contribution < 1.29 is 9.18 Å². The molecule has 3 heteroatoms. The van der Waals surface area contributed by atoms with Crippen LogP contribution in [0.5, 0.6) is 0 Å². The maximum Gasteiger partial charge on any atom is 0.220 e. The Kier molecular flexibility index (Phi) is 8.68. The summed E-state index contributed by atoms with van der Waals surface area (Å²) in [5.74, 6) is -0.161. The van der Waals surface area contributed by atoms with Crippen molar-refractivity contribution in [2.45, 2.75) is 64.8 Å². The number of carbonyl (C=O) groups is 1. The van der Waals surface area contributed by atoms with E-state index in [9.17, 15) is 9.18 Å². The second-order valence-electron chi connectivity index (χ2n) is 5.27. The van der Waals surface area contributed by atoms with Crippen LogP contribution in [-0.4, -0.2) is 5.91 Å². The summed E-state index contributed by atoms with van der Waals surface area (Å²) in [6.45, 7) is 2.70. The molecule has 0 bridgehead atoms. The Morgan fingerprint density at radius 3 is 2.25 bits per heavy atom. The first kappa shape index (κ1) is 16.7. The van der Waals surface area contributed by atoms with Crippen LogP contribution in [0.15, 0.2) is 24.3 Å². The highest BCUT2D eigenvalue weighted by Gasteiger charge is 2.01. The average Bonchev–Trinajstić information content (AvgIpc) is 2.46. The zero-order valence-electron chi connectivity index (χ0n) is 12.5. The Morgan fingerprint density at radius 1 is 1.00 bits per heavy atom. The van der Waals surface area contributed by atoms with Crippen LogP contribution in [0.4, 0.5) is 4.39 Å². The Morgan fingerprint density at radius 2 is 1.60 bits per heavy atom. The fourth-order valence-corrected chi connectivity index (χ4v) is 2.13. The van der Waals surface area contributed by atoms with Gasteiger partial charge in [0, 0.05) is 13.0 Å². The van der Waals surface area contributed by atoms with E-state index in [0.717, 1.165) is 18.4 Å². The van der Waals surface area contributed by atoms with Gasteiger partial charge in [-0.25, -0.2) is 4.39 Å². The van der Waals surface area contributed by atoms with Gasteiger partial charge in [0.15, 0.2) is 0 Å². The minimum Gasteiger partial charge on any atom is -0.352 e. The molecule has 1 aromatic rings. The van der Waals surface area contributed by atoms with Gasteiger partial charge in [-0.05, 0) is 24.1 Å². The number of hydrogen-bond donors (Lipinski definition) is 1. The second kappa shape index (κ2) is 10.4. The lowest BCUT2D eigenvalue weighted by Crippen LogP contribution is -2.22. The molecule has 0 unspecified atom stereocenters. The summed E-state index contributed by atoms with van der Waals surface area (Å²) in [5, 5.41) is 2.87. The van der Waals surface area contributed by atoms with Crippen LogP contribution in [0.1, 0.15) is 63.9 Å². The van der Waals surface area contributed by atoms with Gasteiger partial charge in [0.05, 0.1) is 0 Å². The van der Waals surface area contributed by atoms with E-state index in [1.165, 1.54) is 44.2 Å². The lowest BCUT2D eigenvalue weighted by Gasteiger charge is -2.05. The van der Waals surface area contributed by atoms with Crippen molar-refractivity contribution in [1.29, 1.82) is 0 Å². The first-order chi connectivity index (χ1) is 9.72. The summed E-state index contributed by atoms with van der Waals surface area (Å²) in [7, 11) is 0. The normalized spacial score (nSPS) is 10.5. The summed E-state index contributed by atoms with van der Waals surface area (Å²) in [6.07, 6.45) is 9.09. The number of rotatable bonds is 10. The minimum absolute atomic E-state index is 0.0860. The highest BCUT2D eigenvalue weighted by Crippen LogP contribution is 2.08. The van der Waals surface area contributed by atoms with Gasteiger partial charge in [-0.1, -0.05) is 57.6 Å². The number of benzene rings is 1. The summed E-state index contributed by atoms with van der Waals surface area (Å²) >= 11 is 0. The molecule has 0 aromatic heterocycles. The van der Waals surface area contributed by atoms with E-state index in [2.05, 4.69) is 12.2 Å². The van der Waals surface area contributed by atoms with Crippen molar-refractivity contribution in [3.05, 3.63) is 35.6 Å². The molecule has 0 radical (unpaired) electrons. The topological polar surface area (TPSA) is 29.1 Å². The van der Waals surface area contributed by atoms with Gasteiger partial charge in [0.1, 0.15) is 5.82 Å². The Labute approximate surface area is 121 Å².